The predicted octanol–water partition coefficient (Wildman–Crippen LogP) is 3.85. The largest absolute Gasteiger partial charge is 0.383 e. The van der Waals surface area contributed by atoms with Gasteiger partial charge in [0.05, 0.1) is 16.8 Å². The molecule has 0 aliphatic heterocycles. The van der Waals surface area contributed by atoms with Crippen molar-refractivity contribution in [1.82, 2.24) is 4.57 Å². The van der Waals surface area contributed by atoms with Crippen molar-refractivity contribution in [1.29, 1.82) is 0 Å². The van der Waals surface area contributed by atoms with Gasteiger partial charge in [-0.2, -0.15) is 4.99 Å². The highest BCUT2D eigenvalue weighted by Gasteiger charge is 2.11. The molecule has 2 aromatic carbocycles. The molecule has 0 saturated carbocycles. The third-order valence-corrected chi connectivity index (χ3v) is 5.15. The molecule has 0 N–H and O–H groups in total. The number of aromatic nitrogens is 1. The lowest BCUT2D eigenvalue weighted by molar-refractivity contribution is 0.0997. The highest BCUT2D eigenvalue weighted by Crippen LogP contribution is 2.22. The fourth-order valence-corrected chi connectivity index (χ4v) is 3.68. The van der Waals surface area contributed by atoms with Gasteiger partial charge in [0.1, 0.15) is 5.82 Å². The second-order valence-electron chi connectivity index (χ2n) is 5.86. The number of aryl methyl sites for hydroxylation is 2. The van der Waals surface area contributed by atoms with Crippen LogP contribution in [0.25, 0.3) is 10.2 Å². The second kappa shape index (κ2) is 7.29. The van der Waals surface area contributed by atoms with Crippen molar-refractivity contribution in [3.8, 4) is 0 Å². The molecule has 0 spiro atoms. The van der Waals surface area contributed by atoms with Gasteiger partial charge in [-0.05, 0) is 61.4 Å². The number of nitrogens with zero attached hydrogens (tertiary/aromatic N) is 2. The molecule has 3 rings (SSSR count). The summed E-state index contributed by atoms with van der Waals surface area (Å²) in [5, 5.41) is 0. The Morgan fingerprint density at radius 3 is 2.56 bits per heavy atom. The fraction of sp³-hybridized carbons (Fsp3) is 0.263. The minimum Gasteiger partial charge on any atom is -0.383 e. The van der Waals surface area contributed by atoms with Crippen molar-refractivity contribution in [3.05, 3.63) is 63.7 Å². The molecule has 0 fully saturated rings. The normalized spacial score (nSPS) is 12.1. The van der Waals surface area contributed by atoms with Crippen LogP contribution in [0.4, 0.5) is 4.39 Å². The van der Waals surface area contributed by atoms with E-state index in [0.29, 0.717) is 23.5 Å². The van der Waals surface area contributed by atoms with Crippen molar-refractivity contribution in [2.45, 2.75) is 20.4 Å². The molecule has 0 saturated heterocycles. The standard InChI is InChI=1S/C19H19FN2O2S/c1-12-10-16-17(11-13(12)2)25-19(22(16)8-9-24-3)21-18(23)14-4-6-15(20)7-5-14/h4-7,10-11H,8-9H2,1-3H3. The van der Waals surface area contributed by atoms with Crippen LogP contribution in [0.2, 0.25) is 0 Å². The molecule has 1 heterocycles. The molecule has 4 nitrogen and oxygen atoms in total. The maximum absolute atomic E-state index is 13.0. The van der Waals surface area contributed by atoms with Gasteiger partial charge in [-0.15, -0.1) is 0 Å². The summed E-state index contributed by atoms with van der Waals surface area (Å²) < 4.78 is 21.3. The van der Waals surface area contributed by atoms with E-state index in [2.05, 4.69) is 31.0 Å². The van der Waals surface area contributed by atoms with Gasteiger partial charge in [0.2, 0.25) is 0 Å². The SMILES string of the molecule is COCCn1c(=NC(=O)c2ccc(F)cc2)sc2cc(C)c(C)cc21. The van der Waals surface area contributed by atoms with E-state index in [1.165, 1.54) is 46.7 Å². The summed E-state index contributed by atoms with van der Waals surface area (Å²) in [6.45, 7) is 5.26. The number of carbonyl (C=O) groups excluding carboxylic acids is 1. The van der Waals surface area contributed by atoms with E-state index >= 15 is 0 Å². The van der Waals surface area contributed by atoms with E-state index in [-0.39, 0.29) is 11.7 Å². The number of carbonyl (C=O) groups is 1. The second-order valence-corrected chi connectivity index (χ2v) is 6.87. The first kappa shape index (κ1) is 17.5. The predicted molar refractivity (Wildman–Crippen MR) is 97.5 cm³/mol. The number of ether oxygens (including phenoxy) is 1. The molecule has 0 bridgehead atoms. The minimum absolute atomic E-state index is 0.365. The summed E-state index contributed by atoms with van der Waals surface area (Å²) in [7, 11) is 1.64. The zero-order chi connectivity index (χ0) is 18.0. The van der Waals surface area contributed by atoms with Crippen molar-refractivity contribution >= 4 is 27.5 Å². The Kier molecular flexibility index (Phi) is 5.11. The van der Waals surface area contributed by atoms with Gasteiger partial charge in [0.25, 0.3) is 5.91 Å². The Bertz CT molecular complexity index is 987. The van der Waals surface area contributed by atoms with E-state index in [9.17, 15) is 9.18 Å². The number of amides is 1. The summed E-state index contributed by atoms with van der Waals surface area (Å²) in [6.07, 6.45) is 0. The van der Waals surface area contributed by atoms with Crippen LogP contribution < -0.4 is 4.80 Å². The first-order chi connectivity index (χ1) is 12.0. The molecule has 1 amide bonds. The van der Waals surface area contributed by atoms with Crippen LogP contribution in [0.5, 0.6) is 0 Å². The Balaban J connectivity index is 2.13. The van der Waals surface area contributed by atoms with E-state index in [1.807, 2.05) is 4.57 Å². The lowest BCUT2D eigenvalue weighted by atomic mass is 10.1. The summed E-state index contributed by atoms with van der Waals surface area (Å²) in [5.74, 6) is -0.759. The Morgan fingerprint density at radius 1 is 1.20 bits per heavy atom. The lowest BCUT2D eigenvalue weighted by Gasteiger charge is -2.06. The number of fused-ring (bicyclic) bond motifs is 1. The third-order valence-electron chi connectivity index (χ3n) is 4.11. The first-order valence-corrected chi connectivity index (χ1v) is 8.75. The van der Waals surface area contributed by atoms with Gasteiger partial charge in [0.15, 0.2) is 4.80 Å². The maximum atomic E-state index is 13.0. The Morgan fingerprint density at radius 2 is 1.88 bits per heavy atom. The monoisotopic (exact) mass is 358 g/mol. The number of hydrogen-bond donors (Lipinski definition) is 0. The highest BCUT2D eigenvalue weighted by molar-refractivity contribution is 7.16. The van der Waals surface area contributed by atoms with Crippen LogP contribution in [-0.4, -0.2) is 24.2 Å². The fourth-order valence-electron chi connectivity index (χ4n) is 2.55. The first-order valence-electron chi connectivity index (χ1n) is 7.94. The van der Waals surface area contributed by atoms with Crippen molar-refractivity contribution < 1.29 is 13.9 Å². The van der Waals surface area contributed by atoms with E-state index in [0.717, 1.165) is 10.2 Å². The zero-order valence-corrected chi connectivity index (χ0v) is 15.2. The van der Waals surface area contributed by atoms with Gasteiger partial charge in [-0.3, -0.25) is 4.79 Å². The topological polar surface area (TPSA) is 43.6 Å². The van der Waals surface area contributed by atoms with Gasteiger partial charge in [-0.1, -0.05) is 11.3 Å². The average molecular weight is 358 g/mol. The smallest absolute Gasteiger partial charge is 0.279 e. The number of benzene rings is 2. The average Bonchev–Trinajstić information content (AvgIpc) is 2.90. The van der Waals surface area contributed by atoms with E-state index in [1.54, 1.807) is 7.11 Å². The van der Waals surface area contributed by atoms with E-state index < -0.39 is 0 Å². The van der Waals surface area contributed by atoms with Gasteiger partial charge in [0, 0.05) is 19.2 Å². The molecule has 3 aromatic rings. The third kappa shape index (κ3) is 3.70. The molecule has 1 aromatic heterocycles. The molecule has 0 unspecified atom stereocenters. The van der Waals surface area contributed by atoms with Crippen LogP contribution in [0, 0.1) is 19.7 Å². The number of thiazole rings is 1. The highest BCUT2D eigenvalue weighted by atomic mass is 32.1. The molecule has 0 aliphatic rings. The van der Waals surface area contributed by atoms with E-state index in [4.69, 9.17) is 4.74 Å². The molecule has 0 atom stereocenters. The molecular weight excluding hydrogens is 339 g/mol. The van der Waals surface area contributed by atoms with Crippen LogP contribution in [0.15, 0.2) is 41.4 Å². The molecule has 130 valence electrons. The van der Waals surface area contributed by atoms with Crippen LogP contribution >= 0.6 is 11.3 Å². The molecular formula is C19H19FN2O2S. The molecule has 6 heteroatoms. The van der Waals surface area contributed by atoms with Crippen LogP contribution in [-0.2, 0) is 11.3 Å². The molecule has 0 radical (unpaired) electrons. The van der Waals surface area contributed by atoms with Gasteiger partial charge in [-0.25, -0.2) is 4.39 Å². The summed E-state index contributed by atoms with van der Waals surface area (Å²) in [4.78, 5) is 17.3. The van der Waals surface area contributed by atoms with Crippen LogP contribution in [0.3, 0.4) is 0 Å². The van der Waals surface area contributed by atoms with Crippen LogP contribution in [0.1, 0.15) is 21.5 Å². The quantitative estimate of drug-likeness (QED) is 0.711. The minimum atomic E-state index is -0.383. The zero-order valence-electron chi connectivity index (χ0n) is 14.4. The number of rotatable bonds is 4. The van der Waals surface area contributed by atoms with Crippen molar-refractivity contribution in [2.24, 2.45) is 4.99 Å². The van der Waals surface area contributed by atoms with Gasteiger partial charge >= 0.3 is 0 Å². The van der Waals surface area contributed by atoms with Crippen molar-refractivity contribution in [3.63, 3.8) is 0 Å². The number of halogens is 1. The summed E-state index contributed by atoms with van der Waals surface area (Å²) in [5.41, 5.74) is 3.79. The Hall–Kier alpha value is -2.31. The Labute approximate surface area is 149 Å². The maximum Gasteiger partial charge on any atom is 0.279 e. The molecule has 25 heavy (non-hydrogen) atoms. The number of hydrogen-bond acceptors (Lipinski definition) is 3. The summed E-state index contributed by atoms with van der Waals surface area (Å²) in [6, 6.07) is 9.64. The lowest BCUT2D eigenvalue weighted by Crippen LogP contribution is -2.19. The van der Waals surface area contributed by atoms with Gasteiger partial charge < -0.3 is 9.30 Å². The van der Waals surface area contributed by atoms with Crippen molar-refractivity contribution in [2.75, 3.05) is 13.7 Å². The molecule has 0 aliphatic carbocycles. The summed E-state index contributed by atoms with van der Waals surface area (Å²) >= 11 is 1.47. The number of methoxy groups -OCH3 is 1.